The smallest absolute Gasteiger partial charge is 0.193 e. The van der Waals surface area contributed by atoms with E-state index in [4.69, 9.17) is 16.2 Å². The highest BCUT2D eigenvalue weighted by molar-refractivity contribution is 6.10. The molecule has 0 bridgehead atoms. The van der Waals surface area contributed by atoms with Crippen LogP contribution in [0, 0.1) is 0 Å². The van der Waals surface area contributed by atoms with Crippen LogP contribution in [0.3, 0.4) is 0 Å². The van der Waals surface area contributed by atoms with E-state index in [1.807, 2.05) is 12.1 Å². The van der Waals surface area contributed by atoms with Crippen LogP contribution in [-0.4, -0.2) is 36.4 Å². The Labute approximate surface area is 148 Å². The third kappa shape index (κ3) is 4.31. The van der Waals surface area contributed by atoms with E-state index in [1.54, 1.807) is 30.3 Å². The summed E-state index contributed by atoms with van der Waals surface area (Å²) in [6, 6.07) is 12.3. The lowest BCUT2D eigenvalue weighted by Crippen LogP contribution is -2.31. The van der Waals surface area contributed by atoms with Crippen LogP contribution in [0.4, 0.5) is 11.4 Å². The Kier molecular flexibility index (Phi) is 5.24. The van der Waals surface area contributed by atoms with Crippen molar-refractivity contribution in [3.05, 3.63) is 53.6 Å². The van der Waals surface area contributed by atoms with Crippen molar-refractivity contribution in [3.63, 3.8) is 0 Å². The van der Waals surface area contributed by atoms with Gasteiger partial charge in [-0.2, -0.15) is 0 Å². The predicted octanol–water partition coefficient (Wildman–Crippen LogP) is 2.95. The molecular formula is C20H25N3O2. The van der Waals surface area contributed by atoms with Crippen molar-refractivity contribution >= 4 is 17.2 Å². The zero-order valence-corrected chi connectivity index (χ0v) is 14.6. The minimum atomic E-state index is -0.0932. The van der Waals surface area contributed by atoms with Crippen LogP contribution in [0.5, 0.6) is 5.75 Å². The largest absolute Gasteiger partial charge is 0.489 e. The van der Waals surface area contributed by atoms with Crippen LogP contribution in [0.15, 0.2) is 42.5 Å². The second-order valence-electron chi connectivity index (χ2n) is 6.64. The molecule has 3 rings (SSSR count). The fraction of sp³-hybridized carbons (Fsp3) is 0.350. The van der Waals surface area contributed by atoms with Gasteiger partial charge in [0.05, 0.1) is 11.4 Å². The van der Waals surface area contributed by atoms with Crippen molar-refractivity contribution in [1.82, 2.24) is 4.90 Å². The molecular weight excluding hydrogens is 314 g/mol. The number of rotatable bonds is 6. The summed E-state index contributed by atoms with van der Waals surface area (Å²) in [4.78, 5) is 15.1. The first kappa shape index (κ1) is 17.3. The quantitative estimate of drug-likeness (QED) is 0.625. The van der Waals surface area contributed by atoms with E-state index in [0.717, 1.165) is 19.6 Å². The number of nitrogen functional groups attached to an aromatic ring is 2. The SMILES string of the molecule is CC(CN1CCCC1)Oc1cccc(C(=O)c2ccc(N)c(N)c2)c1. The van der Waals surface area contributed by atoms with Crippen molar-refractivity contribution in [3.8, 4) is 5.75 Å². The van der Waals surface area contributed by atoms with Crippen molar-refractivity contribution < 1.29 is 9.53 Å². The fourth-order valence-corrected chi connectivity index (χ4v) is 3.19. The molecule has 25 heavy (non-hydrogen) atoms. The van der Waals surface area contributed by atoms with E-state index in [0.29, 0.717) is 28.3 Å². The molecule has 1 saturated heterocycles. The molecule has 1 atom stereocenters. The number of likely N-dealkylation sites (tertiary alicyclic amines) is 1. The lowest BCUT2D eigenvalue weighted by molar-refractivity contribution is 0.103. The molecule has 1 aliphatic rings. The summed E-state index contributed by atoms with van der Waals surface area (Å²) in [5.41, 5.74) is 13.5. The van der Waals surface area contributed by atoms with Crippen molar-refractivity contribution in [2.75, 3.05) is 31.1 Å². The number of ether oxygens (including phenoxy) is 1. The third-order valence-corrected chi connectivity index (χ3v) is 4.50. The first-order valence-electron chi connectivity index (χ1n) is 8.71. The van der Waals surface area contributed by atoms with Crippen LogP contribution in [0.2, 0.25) is 0 Å². The molecule has 1 aliphatic heterocycles. The number of carbonyl (C=O) groups excluding carboxylic acids is 1. The van der Waals surface area contributed by atoms with Crippen LogP contribution in [0.1, 0.15) is 35.7 Å². The summed E-state index contributed by atoms with van der Waals surface area (Å²) in [7, 11) is 0. The van der Waals surface area contributed by atoms with Crippen LogP contribution in [0.25, 0.3) is 0 Å². The van der Waals surface area contributed by atoms with Gasteiger partial charge in [0, 0.05) is 17.7 Å². The normalized spacial score (nSPS) is 15.9. The van der Waals surface area contributed by atoms with Crippen LogP contribution >= 0.6 is 0 Å². The van der Waals surface area contributed by atoms with Crippen molar-refractivity contribution in [2.24, 2.45) is 0 Å². The summed E-state index contributed by atoms with van der Waals surface area (Å²) in [6.07, 6.45) is 2.61. The maximum atomic E-state index is 12.7. The number of benzene rings is 2. The summed E-state index contributed by atoms with van der Waals surface area (Å²) in [5.74, 6) is 0.616. The molecule has 132 valence electrons. The monoisotopic (exact) mass is 339 g/mol. The van der Waals surface area contributed by atoms with Gasteiger partial charge in [-0.25, -0.2) is 0 Å². The summed E-state index contributed by atoms with van der Waals surface area (Å²) in [5, 5.41) is 0. The van der Waals surface area contributed by atoms with E-state index in [-0.39, 0.29) is 11.9 Å². The van der Waals surface area contributed by atoms with E-state index in [9.17, 15) is 4.79 Å². The van der Waals surface area contributed by atoms with E-state index in [2.05, 4.69) is 11.8 Å². The predicted molar refractivity (Wildman–Crippen MR) is 101 cm³/mol. The molecule has 2 aromatic carbocycles. The number of anilines is 2. The lowest BCUT2D eigenvalue weighted by atomic mass is 10.0. The van der Waals surface area contributed by atoms with Crippen LogP contribution < -0.4 is 16.2 Å². The number of hydrogen-bond donors (Lipinski definition) is 2. The van der Waals surface area contributed by atoms with Gasteiger partial charge in [0.2, 0.25) is 0 Å². The highest BCUT2D eigenvalue weighted by Gasteiger charge is 2.16. The Bertz CT molecular complexity index is 754. The van der Waals surface area contributed by atoms with E-state index < -0.39 is 0 Å². The van der Waals surface area contributed by atoms with Crippen molar-refractivity contribution in [2.45, 2.75) is 25.9 Å². The molecule has 0 radical (unpaired) electrons. The molecule has 1 unspecified atom stereocenters. The highest BCUT2D eigenvalue weighted by atomic mass is 16.5. The summed E-state index contributed by atoms with van der Waals surface area (Å²) >= 11 is 0. The maximum Gasteiger partial charge on any atom is 0.193 e. The molecule has 5 heteroatoms. The second-order valence-corrected chi connectivity index (χ2v) is 6.64. The molecule has 0 amide bonds. The van der Waals surface area contributed by atoms with Gasteiger partial charge in [-0.3, -0.25) is 9.69 Å². The number of carbonyl (C=O) groups is 1. The van der Waals surface area contributed by atoms with Gasteiger partial charge in [0.25, 0.3) is 0 Å². The zero-order valence-electron chi connectivity index (χ0n) is 14.6. The fourth-order valence-electron chi connectivity index (χ4n) is 3.19. The molecule has 0 saturated carbocycles. The zero-order chi connectivity index (χ0) is 17.8. The lowest BCUT2D eigenvalue weighted by Gasteiger charge is -2.21. The Morgan fingerprint density at radius 1 is 1.08 bits per heavy atom. The first-order chi connectivity index (χ1) is 12.0. The molecule has 1 fully saturated rings. The first-order valence-corrected chi connectivity index (χ1v) is 8.71. The van der Waals surface area contributed by atoms with Crippen LogP contribution in [-0.2, 0) is 0 Å². The van der Waals surface area contributed by atoms with Gasteiger partial charge in [-0.1, -0.05) is 12.1 Å². The highest BCUT2D eigenvalue weighted by Crippen LogP contribution is 2.22. The topological polar surface area (TPSA) is 81.6 Å². The molecule has 4 N–H and O–H groups in total. The number of ketones is 1. The van der Waals surface area contributed by atoms with Gasteiger partial charge >= 0.3 is 0 Å². The van der Waals surface area contributed by atoms with Gasteiger partial charge < -0.3 is 16.2 Å². The van der Waals surface area contributed by atoms with Gasteiger partial charge in [0.15, 0.2) is 5.78 Å². The molecule has 0 aromatic heterocycles. The maximum absolute atomic E-state index is 12.7. The van der Waals surface area contributed by atoms with Gasteiger partial charge in [-0.15, -0.1) is 0 Å². The standard InChI is InChI=1S/C20H25N3O2/c1-14(13-23-9-2-3-10-23)25-17-6-4-5-15(11-17)20(24)16-7-8-18(21)19(22)12-16/h4-8,11-12,14H,2-3,9-10,13,21-22H2,1H3. The molecule has 1 heterocycles. The third-order valence-electron chi connectivity index (χ3n) is 4.50. The van der Waals surface area contributed by atoms with E-state index >= 15 is 0 Å². The Hall–Kier alpha value is -2.53. The Balaban J connectivity index is 1.69. The molecule has 0 spiro atoms. The minimum absolute atomic E-state index is 0.0793. The van der Waals surface area contributed by atoms with Gasteiger partial charge in [-0.05, 0) is 63.2 Å². The van der Waals surface area contributed by atoms with Crippen molar-refractivity contribution in [1.29, 1.82) is 0 Å². The number of nitrogens with two attached hydrogens (primary N) is 2. The Morgan fingerprint density at radius 3 is 2.52 bits per heavy atom. The van der Waals surface area contributed by atoms with Gasteiger partial charge in [0.1, 0.15) is 11.9 Å². The minimum Gasteiger partial charge on any atom is -0.489 e. The Morgan fingerprint density at radius 2 is 1.80 bits per heavy atom. The number of hydrogen-bond acceptors (Lipinski definition) is 5. The number of nitrogens with zero attached hydrogens (tertiary/aromatic N) is 1. The van der Waals surface area contributed by atoms with E-state index in [1.165, 1.54) is 12.8 Å². The summed E-state index contributed by atoms with van der Waals surface area (Å²) < 4.78 is 6.01. The summed E-state index contributed by atoms with van der Waals surface area (Å²) in [6.45, 7) is 5.26. The molecule has 2 aromatic rings. The second kappa shape index (κ2) is 7.57. The molecule has 0 aliphatic carbocycles. The molecule has 5 nitrogen and oxygen atoms in total. The average molecular weight is 339 g/mol. The average Bonchev–Trinajstić information content (AvgIpc) is 3.09.